The summed E-state index contributed by atoms with van der Waals surface area (Å²) in [7, 11) is 0. The molecule has 0 fully saturated rings. The molecule has 2 heteroatoms. The highest BCUT2D eigenvalue weighted by Gasteiger charge is 2.18. The predicted octanol–water partition coefficient (Wildman–Crippen LogP) is 13.3. The Bertz CT molecular complexity index is 2510. The van der Waals surface area contributed by atoms with E-state index in [9.17, 15) is 0 Å². The number of benzene rings is 8. The SMILES string of the molecule is c1ccc(-c2ccc3c4ccc(-c5ccc(-c6ccccc6N(c6ccccc6)c6ccccc6)cc5)cc4n(-c4ccccc4)c3c2)cc1. The average Bonchev–Trinajstić information content (AvgIpc) is 3.53. The van der Waals surface area contributed by atoms with Gasteiger partial charge in [-0.25, -0.2) is 0 Å². The number of nitrogens with zero attached hydrogens (tertiary/aromatic N) is 2. The van der Waals surface area contributed by atoms with E-state index in [-0.39, 0.29) is 0 Å². The molecule has 0 saturated carbocycles. The van der Waals surface area contributed by atoms with Crippen molar-refractivity contribution in [1.29, 1.82) is 0 Å². The monoisotopic (exact) mass is 638 g/mol. The van der Waals surface area contributed by atoms with Crippen LogP contribution in [-0.4, -0.2) is 4.57 Å². The van der Waals surface area contributed by atoms with Crippen molar-refractivity contribution in [3.63, 3.8) is 0 Å². The molecule has 0 aliphatic carbocycles. The van der Waals surface area contributed by atoms with Gasteiger partial charge in [0.05, 0.1) is 16.7 Å². The van der Waals surface area contributed by atoms with E-state index < -0.39 is 0 Å². The zero-order chi connectivity index (χ0) is 33.3. The van der Waals surface area contributed by atoms with E-state index in [0.29, 0.717) is 0 Å². The van der Waals surface area contributed by atoms with Crippen LogP contribution in [0.25, 0.3) is 60.9 Å². The number of aromatic nitrogens is 1. The highest BCUT2D eigenvalue weighted by Crippen LogP contribution is 2.41. The zero-order valence-electron chi connectivity index (χ0n) is 27.5. The Labute approximate surface area is 292 Å². The average molecular weight is 639 g/mol. The van der Waals surface area contributed by atoms with Crippen LogP contribution in [0.3, 0.4) is 0 Å². The summed E-state index contributed by atoms with van der Waals surface area (Å²) >= 11 is 0. The summed E-state index contributed by atoms with van der Waals surface area (Å²) in [5, 5.41) is 2.50. The highest BCUT2D eigenvalue weighted by atomic mass is 15.1. The molecule has 0 saturated heterocycles. The number of hydrogen-bond donors (Lipinski definition) is 0. The number of fused-ring (bicyclic) bond motifs is 3. The largest absolute Gasteiger partial charge is 0.310 e. The maximum absolute atomic E-state index is 2.41. The van der Waals surface area contributed by atoms with Crippen molar-refractivity contribution in [3.05, 3.63) is 206 Å². The fourth-order valence-electron chi connectivity index (χ4n) is 7.20. The van der Waals surface area contributed by atoms with Gasteiger partial charge in [0.2, 0.25) is 0 Å². The number of hydrogen-bond acceptors (Lipinski definition) is 1. The molecule has 236 valence electrons. The molecule has 9 rings (SSSR count). The zero-order valence-corrected chi connectivity index (χ0v) is 27.5. The molecule has 0 amide bonds. The maximum atomic E-state index is 2.41. The summed E-state index contributed by atoms with van der Waals surface area (Å²) in [6.45, 7) is 0. The molecule has 2 nitrogen and oxygen atoms in total. The normalized spacial score (nSPS) is 11.2. The molecule has 8 aromatic carbocycles. The van der Waals surface area contributed by atoms with Crippen LogP contribution in [0.2, 0.25) is 0 Å². The highest BCUT2D eigenvalue weighted by molar-refractivity contribution is 6.11. The van der Waals surface area contributed by atoms with Gasteiger partial charge in [0.1, 0.15) is 0 Å². The molecular formula is C48H34N2. The van der Waals surface area contributed by atoms with E-state index in [0.717, 1.165) is 22.7 Å². The second-order valence-corrected chi connectivity index (χ2v) is 12.6. The van der Waals surface area contributed by atoms with Crippen LogP contribution >= 0.6 is 0 Å². The second-order valence-electron chi connectivity index (χ2n) is 12.6. The van der Waals surface area contributed by atoms with Crippen molar-refractivity contribution >= 4 is 38.9 Å². The van der Waals surface area contributed by atoms with Crippen LogP contribution in [0.5, 0.6) is 0 Å². The minimum atomic E-state index is 1.13. The van der Waals surface area contributed by atoms with Crippen molar-refractivity contribution in [1.82, 2.24) is 4.57 Å². The Kier molecular flexibility index (Phi) is 7.53. The standard InChI is InChI=1S/C48H34N2/c1-5-15-35(16-6-1)38-29-31-44-45-32-30-39(34-48(45)50(47(44)33-38)42-21-11-4-12-22-42)36-25-27-37(28-26-36)43-23-13-14-24-46(43)49(40-17-7-2-8-18-40)41-19-9-3-10-20-41/h1-34H. The summed E-state index contributed by atoms with van der Waals surface area (Å²) in [5.74, 6) is 0. The molecule has 1 heterocycles. The van der Waals surface area contributed by atoms with Crippen LogP contribution in [0.4, 0.5) is 17.1 Å². The quantitative estimate of drug-likeness (QED) is 0.169. The first-order valence-corrected chi connectivity index (χ1v) is 17.1. The Morgan fingerprint density at radius 1 is 0.320 bits per heavy atom. The van der Waals surface area contributed by atoms with Crippen molar-refractivity contribution in [2.45, 2.75) is 0 Å². The molecule has 0 spiro atoms. The van der Waals surface area contributed by atoms with Crippen molar-refractivity contribution in [2.75, 3.05) is 4.90 Å². The molecule has 0 unspecified atom stereocenters. The van der Waals surface area contributed by atoms with Crippen LogP contribution in [-0.2, 0) is 0 Å². The van der Waals surface area contributed by atoms with E-state index in [1.54, 1.807) is 0 Å². The van der Waals surface area contributed by atoms with Gasteiger partial charge in [-0.2, -0.15) is 0 Å². The lowest BCUT2D eigenvalue weighted by molar-refractivity contribution is 1.18. The van der Waals surface area contributed by atoms with Crippen molar-refractivity contribution in [3.8, 4) is 39.1 Å². The lowest BCUT2D eigenvalue weighted by Gasteiger charge is -2.27. The topological polar surface area (TPSA) is 8.17 Å². The van der Waals surface area contributed by atoms with E-state index in [1.165, 1.54) is 55.2 Å². The van der Waals surface area contributed by atoms with Crippen LogP contribution < -0.4 is 4.90 Å². The number of rotatable bonds is 7. The smallest absolute Gasteiger partial charge is 0.0547 e. The first kappa shape index (κ1) is 29.5. The van der Waals surface area contributed by atoms with Gasteiger partial charge in [0.15, 0.2) is 0 Å². The van der Waals surface area contributed by atoms with E-state index in [2.05, 4.69) is 216 Å². The van der Waals surface area contributed by atoms with Crippen LogP contribution in [0.1, 0.15) is 0 Å². The van der Waals surface area contributed by atoms with E-state index in [4.69, 9.17) is 0 Å². The minimum Gasteiger partial charge on any atom is -0.310 e. The molecule has 0 N–H and O–H groups in total. The molecule has 1 aromatic heterocycles. The fourth-order valence-corrected chi connectivity index (χ4v) is 7.20. The Morgan fingerprint density at radius 2 is 0.740 bits per heavy atom. The van der Waals surface area contributed by atoms with Gasteiger partial charge in [-0.1, -0.05) is 152 Å². The van der Waals surface area contributed by atoms with Gasteiger partial charge in [0.25, 0.3) is 0 Å². The molecule has 50 heavy (non-hydrogen) atoms. The summed E-state index contributed by atoms with van der Waals surface area (Å²) in [6.07, 6.45) is 0. The summed E-state index contributed by atoms with van der Waals surface area (Å²) < 4.78 is 2.41. The molecule has 0 bridgehead atoms. The van der Waals surface area contributed by atoms with E-state index >= 15 is 0 Å². The molecule has 0 radical (unpaired) electrons. The summed E-state index contributed by atoms with van der Waals surface area (Å²) in [5.41, 5.74) is 14.1. The van der Waals surface area contributed by atoms with Gasteiger partial charge in [-0.15, -0.1) is 0 Å². The van der Waals surface area contributed by atoms with Gasteiger partial charge < -0.3 is 9.47 Å². The minimum absolute atomic E-state index is 1.13. The van der Waals surface area contributed by atoms with Gasteiger partial charge >= 0.3 is 0 Å². The van der Waals surface area contributed by atoms with Gasteiger partial charge in [0, 0.05) is 33.4 Å². The predicted molar refractivity (Wildman–Crippen MR) is 212 cm³/mol. The summed E-state index contributed by atoms with van der Waals surface area (Å²) in [4.78, 5) is 2.34. The Balaban J connectivity index is 1.14. The Morgan fingerprint density at radius 3 is 1.30 bits per heavy atom. The van der Waals surface area contributed by atoms with Crippen LogP contribution in [0.15, 0.2) is 206 Å². The van der Waals surface area contributed by atoms with Gasteiger partial charge in [-0.3, -0.25) is 0 Å². The first-order valence-electron chi connectivity index (χ1n) is 17.1. The van der Waals surface area contributed by atoms with Crippen LogP contribution in [0, 0.1) is 0 Å². The molecule has 0 aliphatic rings. The molecule has 9 aromatic rings. The first-order chi connectivity index (χ1) is 24.8. The molecule has 0 aliphatic heterocycles. The second kappa shape index (κ2) is 12.8. The third kappa shape index (κ3) is 5.34. The van der Waals surface area contributed by atoms with Crippen molar-refractivity contribution < 1.29 is 0 Å². The summed E-state index contributed by atoms with van der Waals surface area (Å²) in [6, 6.07) is 74.0. The number of anilines is 3. The van der Waals surface area contributed by atoms with Gasteiger partial charge in [-0.05, 0) is 82.4 Å². The lowest BCUT2D eigenvalue weighted by atomic mass is 9.97. The lowest BCUT2D eigenvalue weighted by Crippen LogP contribution is -2.10. The third-order valence-electron chi connectivity index (χ3n) is 9.59. The third-order valence-corrected chi connectivity index (χ3v) is 9.59. The molecule has 0 atom stereocenters. The Hall–Kier alpha value is -6.64. The van der Waals surface area contributed by atoms with E-state index in [1.807, 2.05) is 0 Å². The molecular weight excluding hydrogens is 605 g/mol. The maximum Gasteiger partial charge on any atom is 0.0547 e. The fraction of sp³-hybridized carbons (Fsp3) is 0. The number of para-hydroxylation sites is 4. The van der Waals surface area contributed by atoms with Crippen molar-refractivity contribution in [2.24, 2.45) is 0 Å².